The van der Waals surface area contributed by atoms with Crippen LogP contribution < -0.4 is 27.4 Å². The standard InChI is InChI=1S/C17H23N5O12/c23-7-2-4-22(17(33)19-7)15-11(28)10(27)13(34-15)12(29)14(30)18-3-1-8(24)21-20-6(16(31)32)5-9(25)26/h2,4,6,10-13,15,20,27-29H,1,3,5H2,(H,18,30)(H,21,24)(H,25,26)(H,31,32)(H,19,23,33)/t6-,10-,11+,12?,13-,15+/m0/s1. The number of hydrazine groups is 1. The average molecular weight is 489 g/mol. The second-order valence-corrected chi connectivity index (χ2v) is 7.16. The molecule has 2 rings (SSSR count). The fourth-order valence-electron chi connectivity index (χ4n) is 2.96. The molecule has 17 nitrogen and oxygen atoms in total. The van der Waals surface area contributed by atoms with Crippen molar-refractivity contribution >= 4 is 23.8 Å². The van der Waals surface area contributed by atoms with Gasteiger partial charge in [-0.1, -0.05) is 0 Å². The molecule has 1 fully saturated rings. The lowest BCUT2D eigenvalue weighted by Gasteiger charge is -2.20. The Hall–Kier alpha value is -3.64. The number of aliphatic carboxylic acids is 2. The van der Waals surface area contributed by atoms with E-state index in [1.165, 1.54) is 0 Å². The van der Waals surface area contributed by atoms with Crippen molar-refractivity contribution in [2.45, 2.75) is 49.5 Å². The van der Waals surface area contributed by atoms with Gasteiger partial charge in [0.1, 0.15) is 24.4 Å². The lowest BCUT2D eigenvalue weighted by molar-refractivity contribution is -0.146. The summed E-state index contributed by atoms with van der Waals surface area (Å²) in [4.78, 5) is 70.3. The van der Waals surface area contributed by atoms with Gasteiger partial charge < -0.3 is 35.6 Å². The van der Waals surface area contributed by atoms with Crippen LogP contribution in [0.1, 0.15) is 19.1 Å². The highest BCUT2D eigenvalue weighted by Gasteiger charge is 2.49. The zero-order valence-corrected chi connectivity index (χ0v) is 17.3. The minimum absolute atomic E-state index is 0.353. The van der Waals surface area contributed by atoms with Crippen LogP contribution in [0.4, 0.5) is 0 Å². The first kappa shape index (κ1) is 26.6. The normalized spacial score (nSPS) is 23.6. The molecule has 17 heteroatoms. The number of carbonyl (C=O) groups is 4. The highest BCUT2D eigenvalue weighted by atomic mass is 16.6. The molecule has 1 unspecified atom stereocenters. The van der Waals surface area contributed by atoms with E-state index in [9.17, 15) is 44.1 Å². The fourth-order valence-corrected chi connectivity index (χ4v) is 2.96. The van der Waals surface area contributed by atoms with E-state index in [1.807, 2.05) is 15.8 Å². The maximum Gasteiger partial charge on any atom is 0.330 e. The Bertz CT molecular complexity index is 1040. The van der Waals surface area contributed by atoms with Gasteiger partial charge in [-0.15, -0.1) is 0 Å². The molecule has 0 saturated carbocycles. The number of ether oxygens (including phenoxy) is 1. The van der Waals surface area contributed by atoms with Gasteiger partial charge in [0.25, 0.3) is 11.5 Å². The number of nitrogens with zero attached hydrogens (tertiary/aromatic N) is 1. The van der Waals surface area contributed by atoms with E-state index < -0.39 is 84.5 Å². The van der Waals surface area contributed by atoms with Crippen molar-refractivity contribution in [1.29, 1.82) is 0 Å². The van der Waals surface area contributed by atoms with Gasteiger partial charge in [-0.2, -0.15) is 0 Å². The summed E-state index contributed by atoms with van der Waals surface area (Å²) in [5.74, 6) is -4.83. The third-order valence-corrected chi connectivity index (χ3v) is 4.69. The first-order valence-electron chi connectivity index (χ1n) is 9.70. The van der Waals surface area contributed by atoms with Crippen LogP contribution in [-0.2, 0) is 23.9 Å². The van der Waals surface area contributed by atoms with Crippen molar-refractivity contribution in [2.24, 2.45) is 0 Å². The lowest BCUT2D eigenvalue weighted by atomic mass is 10.0. The van der Waals surface area contributed by atoms with Crippen LogP contribution >= 0.6 is 0 Å². The summed E-state index contributed by atoms with van der Waals surface area (Å²) in [5, 5.41) is 50.1. The maximum absolute atomic E-state index is 12.2. The number of carboxylic acid groups (broad SMARTS) is 2. The molecule has 9 N–H and O–H groups in total. The Labute approximate surface area is 188 Å². The largest absolute Gasteiger partial charge is 0.481 e. The Morgan fingerprint density at radius 2 is 1.82 bits per heavy atom. The van der Waals surface area contributed by atoms with Crippen LogP contribution in [0.15, 0.2) is 21.9 Å². The molecule has 1 aliphatic rings. The summed E-state index contributed by atoms with van der Waals surface area (Å²) in [5.41, 5.74) is 2.31. The minimum Gasteiger partial charge on any atom is -0.481 e. The molecule has 1 aliphatic heterocycles. The third-order valence-electron chi connectivity index (χ3n) is 4.69. The van der Waals surface area contributed by atoms with Crippen molar-refractivity contribution in [1.82, 2.24) is 25.7 Å². The topological polar surface area (TPSA) is 270 Å². The van der Waals surface area contributed by atoms with Crippen LogP contribution in [0.3, 0.4) is 0 Å². The molecular weight excluding hydrogens is 466 g/mol. The molecule has 1 aromatic rings. The summed E-state index contributed by atoms with van der Waals surface area (Å²) >= 11 is 0. The third kappa shape index (κ3) is 6.68. The van der Waals surface area contributed by atoms with Crippen molar-refractivity contribution in [2.75, 3.05) is 6.54 Å². The molecule has 0 spiro atoms. The Morgan fingerprint density at radius 3 is 2.41 bits per heavy atom. The van der Waals surface area contributed by atoms with Crippen molar-refractivity contribution in [3.8, 4) is 0 Å². The first-order chi connectivity index (χ1) is 15.9. The number of aromatic amines is 1. The van der Waals surface area contributed by atoms with Gasteiger partial charge in [-0.3, -0.25) is 38.9 Å². The number of aliphatic hydroxyl groups excluding tert-OH is 3. The average Bonchev–Trinajstić information content (AvgIpc) is 3.04. The summed E-state index contributed by atoms with van der Waals surface area (Å²) in [6.45, 7) is -0.353. The SMILES string of the molecule is O=C(O)C[C@H](NNC(=O)CCNC(=O)C(O)[C@H]1O[C@@H](n2ccc(=O)[nH]c2=O)[C@H](O)[C@@H]1O)C(=O)O. The van der Waals surface area contributed by atoms with E-state index in [1.54, 1.807) is 0 Å². The van der Waals surface area contributed by atoms with E-state index in [4.69, 9.17) is 14.9 Å². The Kier molecular flexibility index (Phi) is 8.98. The van der Waals surface area contributed by atoms with Gasteiger partial charge in [-0.05, 0) is 0 Å². The molecule has 188 valence electrons. The van der Waals surface area contributed by atoms with Gasteiger partial charge in [0.2, 0.25) is 5.91 Å². The van der Waals surface area contributed by atoms with E-state index in [0.717, 1.165) is 16.8 Å². The number of hydrogen-bond acceptors (Lipinski definition) is 11. The molecule has 0 aromatic carbocycles. The van der Waals surface area contributed by atoms with Crippen molar-refractivity contribution in [3.63, 3.8) is 0 Å². The molecule has 6 atom stereocenters. The number of carboxylic acids is 2. The van der Waals surface area contributed by atoms with E-state index >= 15 is 0 Å². The van der Waals surface area contributed by atoms with Crippen LogP contribution in [0.2, 0.25) is 0 Å². The molecule has 34 heavy (non-hydrogen) atoms. The predicted octanol–water partition coefficient (Wildman–Crippen LogP) is -5.43. The Morgan fingerprint density at radius 1 is 1.15 bits per heavy atom. The van der Waals surface area contributed by atoms with E-state index in [-0.39, 0.29) is 6.54 Å². The summed E-state index contributed by atoms with van der Waals surface area (Å²) in [6.07, 6.45) is -8.95. The molecule has 0 aliphatic carbocycles. The molecule has 1 saturated heterocycles. The number of amides is 2. The van der Waals surface area contributed by atoms with Gasteiger partial charge in [0.15, 0.2) is 12.3 Å². The number of nitrogens with one attached hydrogen (secondary N) is 4. The summed E-state index contributed by atoms with van der Waals surface area (Å²) in [7, 11) is 0. The van der Waals surface area contributed by atoms with Gasteiger partial charge in [0, 0.05) is 25.2 Å². The summed E-state index contributed by atoms with van der Waals surface area (Å²) < 4.78 is 6.02. The van der Waals surface area contributed by atoms with Crippen molar-refractivity contribution < 1.29 is 49.4 Å². The Balaban J connectivity index is 1.86. The minimum atomic E-state index is -2.03. The quantitative estimate of drug-likeness (QED) is 0.131. The number of carbonyl (C=O) groups excluding carboxylic acids is 2. The van der Waals surface area contributed by atoms with E-state index in [0.29, 0.717) is 0 Å². The number of aromatic nitrogens is 2. The molecular formula is C17H23N5O12. The molecule has 2 amide bonds. The van der Waals surface area contributed by atoms with Crippen molar-refractivity contribution in [3.05, 3.63) is 33.1 Å². The molecule has 2 heterocycles. The van der Waals surface area contributed by atoms with Crippen LogP contribution in [0, 0.1) is 0 Å². The van der Waals surface area contributed by atoms with Crippen LogP contribution in [0.25, 0.3) is 0 Å². The number of rotatable bonds is 11. The number of hydrogen-bond donors (Lipinski definition) is 9. The molecule has 0 bridgehead atoms. The highest BCUT2D eigenvalue weighted by Crippen LogP contribution is 2.30. The lowest BCUT2D eigenvalue weighted by Crippen LogP contribution is -2.50. The zero-order chi connectivity index (χ0) is 25.6. The second kappa shape index (κ2) is 11.5. The smallest absolute Gasteiger partial charge is 0.330 e. The highest BCUT2D eigenvalue weighted by molar-refractivity contribution is 5.83. The van der Waals surface area contributed by atoms with Gasteiger partial charge in [-0.25, -0.2) is 10.2 Å². The second-order valence-electron chi connectivity index (χ2n) is 7.16. The maximum atomic E-state index is 12.2. The van der Waals surface area contributed by atoms with E-state index in [2.05, 4.69) is 5.32 Å². The monoisotopic (exact) mass is 489 g/mol. The van der Waals surface area contributed by atoms with Gasteiger partial charge in [0.05, 0.1) is 6.42 Å². The van der Waals surface area contributed by atoms with Gasteiger partial charge >= 0.3 is 17.6 Å². The van der Waals surface area contributed by atoms with Crippen LogP contribution in [-0.4, -0.2) is 95.8 Å². The fraction of sp³-hybridized carbons (Fsp3) is 0.529. The summed E-state index contributed by atoms with van der Waals surface area (Å²) in [6, 6.07) is -0.631. The van der Waals surface area contributed by atoms with Crippen LogP contribution in [0.5, 0.6) is 0 Å². The number of aliphatic hydroxyl groups is 3. The zero-order valence-electron chi connectivity index (χ0n) is 17.3. The predicted molar refractivity (Wildman–Crippen MR) is 106 cm³/mol. The molecule has 1 aromatic heterocycles. The molecule has 0 radical (unpaired) electrons. The number of H-pyrrole nitrogens is 1. The first-order valence-corrected chi connectivity index (χ1v) is 9.70.